The van der Waals surface area contributed by atoms with Gasteiger partial charge in [-0.15, -0.1) is 16.4 Å². The Kier molecular flexibility index (Phi) is 4.42. The summed E-state index contributed by atoms with van der Waals surface area (Å²) in [7, 11) is 1.70. The fraction of sp³-hybridized carbons (Fsp3) is 0.267. The van der Waals surface area contributed by atoms with Gasteiger partial charge in [0.05, 0.1) is 12.1 Å². The number of thiazole rings is 1. The van der Waals surface area contributed by atoms with Gasteiger partial charge in [0.15, 0.2) is 11.0 Å². The van der Waals surface area contributed by atoms with E-state index in [1.165, 1.54) is 21.6 Å². The maximum absolute atomic E-state index is 12.0. The van der Waals surface area contributed by atoms with Gasteiger partial charge < -0.3 is 5.32 Å². The second kappa shape index (κ2) is 6.66. The fourth-order valence-corrected chi connectivity index (χ4v) is 2.82. The second-order valence-corrected chi connectivity index (χ2v) is 5.89. The molecule has 2 heterocycles. The zero-order chi connectivity index (χ0) is 16.2. The summed E-state index contributed by atoms with van der Waals surface area (Å²) in [6.07, 6.45) is 1.12. The van der Waals surface area contributed by atoms with Crippen molar-refractivity contribution in [3.63, 3.8) is 0 Å². The van der Waals surface area contributed by atoms with Gasteiger partial charge in [0.25, 0.3) is 0 Å². The summed E-state index contributed by atoms with van der Waals surface area (Å²) < 4.78 is 1.47. The van der Waals surface area contributed by atoms with E-state index in [4.69, 9.17) is 0 Å². The molecule has 0 aliphatic rings. The number of rotatable bonds is 5. The summed E-state index contributed by atoms with van der Waals surface area (Å²) in [5.74, 6) is 0.319. The third-order valence-corrected chi connectivity index (χ3v) is 4.19. The number of tetrazole rings is 1. The van der Waals surface area contributed by atoms with Crippen molar-refractivity contribution >= 4 is 22.4 Å². The molecule has 0 aliphatic carbocycles. The molecule has 7 nitrogen and oxygen atoms in total. The number of benzene rings is 1. The number of nitrogens with one attached hydrogen (secondary N) is 1. The largest absolute Gasteiger partial charge is 0.302 e. The average molecular weight is 328 g/mol. The van der Waals surface area contributed by atoms with E-state index in [1.807, 2.05) is 17.5 Å². The van der Waals surface area contributed by atoms with Crippen LogP contribution in [0.15, 0.2) is 29.6 Å². The number of carbonyl (C=O) groups is 1. The van der Waals surface area contributed by atoms with Crippen LogP contribution in [0.25, 0.3) is 11.3 Å². The van der Waals surface area contributed by atoms with E-state index in [9.17, 15) is 4.79 Å². The molecule has 0 aliphatic heterocycles. The molecule has 2 aromatic heterocycles. The van der Waals surface area contributed by atoms with E-state index in [2.05, 4.69) is 44.9 Å². The Bertz CT molecular complexity index is 807. The van der Waals surface area contributed by atoms with E-state index in [1.54, 1.807) is 7.05 Å². The molecule has 1 N–H and O–H groups in total. The van der Waals surface area contributed by atoms with Crippen molar-refractivity contribution in [3.8, 4) is 11.3 Å². The molecule has 0 bridgehead atoms. The topological polar surface area (TPSA) is 85.6 Å². The molecule has 8 heteroatoms. The first kappa shape index (κ1) is 15.3. The lowest BCUT2D eigenvalue weighted by molar-refractivity contribution is -0.115. The minimum atomic E-state index is -0.190. The van der Waals surface area contributed by atoms with Crippen LogP contribution in [0.5, 0.6) is 0 Å². The van der Waals surface area contributed by atoms with Crippen LogP contribution in [0.2, 0.25) is 0 Å². The second-order valence-electron chi connectivity index (χ2n) is 5.03. The highest BCUT2D eigenvalue weighted by molar-refractivity contribution is 7.14. The highest BCUT2D eigenvalue weighted by Crippen LogP contribution is 2.25. The van der Waals surface area contributed by atoms with Gasteiger partial charge in [0.2, 0.25) is 5.91 Å². The van der Waals surface area contributed by atoms with Crippen molar-refractivity contribution in [3.05, 3.63) is 41.0 Å². The molecule has 0 saturated heterocycles. The SMILES string of the molecule is CCc1ccc(-c2csc(NC(=O)Cc3nnnn3C)n2)cc1. The smallest absolute Gasteiger partial charge is 0.233 e. The number of amides is 1. The first-order valence-corrected chi connectivity index (χ1v) is 8.09. The summed E-state index contributed by atoms with van der Waals surface area (Å²) in [6.45, 7) is 2.12. The Morgan fingerprint density at radius 1 is 1.30 bits per heavy atom. The van der Waals surface area contributed by atoms with Gasteiger partial charge in [-0.05, 0) is 22.4 Å². The van der Waals surface area contributed by atoms with Gasteiger partial charge >= 0.3 is 0 Å². The minimum absolute atomic E-state index is 0.115. The quantitative estimate of drug-likeness (QED) is 0.775. The minimum Gasteiger partial charge on any atom is -0.302 e. The van der Waals surface area contributed by atoms with Gasteiger partial charge in [-0.3, -0.25) is 4.79 Å². The van der Waals surface area contributed by atoms with Crippen molar-refractivity contribution in [2.45, 2.75) is 19.8 Å². The van der Waals surface area contributed by atoms with E-state index in [-0.39, 0.29) is 12.3 Å². The van der Waals surface area contributed by atoms with Crippen LogP contribution in [-0.2, 0) is 24.7 Å². The number of hydrogen-bond acceptors (Lipinski definition) is 6. The maximum Gasteiger partial charge on any atom is 0.233 e. The van der Waals surface area contributed by atoms with Gasteiger partial charge in [0, 0.05) is 18.0 Å². The van der Waals surface area contributed by atoms with Crippen LogP contribution in [0.4, 0.5) is 5.13 Å². The van der Waals surface area contributed by atoms with Gasteiger partial charge in [-0.1, -0.05) is 31.2 Å². The normalized spacial score (nSPS) is 10.7. The van der Waals surface area contributed by atoms with Gasteiger partial charge in [-0.2, -0.15) is 0 Å². The number of aromatic nitrogens is 5. The Hall–Kier alpha value is -2.61. The van der Waals surface area contributed by atoms with E-state index in [0.29, 0.717) is 11.0 Å². The summed E-state index contributed by atoms with van der Waals surface area (Å²) in [4.78, 5) is 16.5. The molecule has 0 atom stereocenters. The van der Waals surface area contributed by atoms with Crippen LogP contribution >= 0.6 is 11.3 Å². The summed E-state index contributed by atoms with van der Waals surface area (Å²) in [5.41, 5.74) is 3.18. The van der Waals surface area contributed by atoms with Crippen LogP contribution in [0.3, 0.4) is 0 Å². The van der Waals surface area contributed by atoms with E-state index >= 15 is 0 Å². The van der Waals surface area contributed by atoms with Crippen LogP contribution in [0.1, 0.15) is 18.3 Å². The number of hydrogen-bond donors (Lipinski definition) is 1. The lowest BCUT2D eigenvalue weighted by Gasteiger charge is -2.01. The van der Waals surface area contributed by atoms with Crippen LogP contribution < -0.4 is 5.32 Å². The molecule has 3 aromatic rings. The number of aryl methyl sites for hydroxylation is 2. The maximum atomic E-state index is 12.0. The molecule has 3 rings (SSSR count). The Labute approximate surface area is 137 Å². The molecule has 0 fully saturated rings. The summed E-state index contributed by atoms with van der Waals surface area (Å²) in [5, 5.41) is 16.3. The molecule has 118 valence electrons. The molecule has 0 saturated carbocycles. The highest BCUT2D eigenvalue weighted by Gasteiger charge is 2.12. The number of carbonyl (C=O) groups excluding carboxylic acids is 1. The third-order valence-electron chi connectivity index (χ3n) is 3.44. The highest BCUT2D eigenvalue weighted by atomic mass is 32.1. The zero-order valence-electron chi connectivity index (χ0n) is 12.9. The predicted octanol–water partition coefficient (Wildman–Crippen LogP) is 2.08. The van der Waals surface area contributed by atoms with Crippen molar-refractivity contribution in [1.29, 1.82) is 0 Å². The molecule has 1 aromatic carbocycles. The van der Waals surface area contributed by atoms with E-state index < -0.39 is 0 Å². The van der Waals surface area contributed by atoms with Gasteiger partial charge in [0.1, 0.15) is 0 Å². The van der Waals surface area contributed by atoms with Crippen molar-refractivity contribution in [1.82, 2.24) is 25.2 Å². The Morgan fingerprint density at radius 3 is 2.74 bits per heavy atom. The first-order valence-electron chi connectivity index (χ1n) is 7.21. The molecule has 23 heavy (non-hydrogen) atoms. The monoisotopic (exact) mass is 328 g/mol. The summed E-state index contributed by atoms with van der Waals surface area (Å²) >= 11 is 1.40. The number of nitrogens with zero attached hydrogens (tertiary/aromatic N) is 5. The fourth-order valence-electron chi connectivity index (χ4n) is 2.08. The predicted molar refractivity (Wildman–Crippen MR) is 88.1 cm³/mol. The van der Waals surface area contributed by atoms with Crippen molar-refractivity contribution in [2.24, 2.45) is 7.05 Å². The lowest BCUT2D eigenvalue weighted by Crippen LogP contribution is -2.17. The first-order chi connectivity index (χ1) is 11.2. The van der Waals surface area contributed by atoms with Crippen molar-refractivity contribution < 1.29 is 4.79 Å². The standard InChI is InChI=1S/C15H16N6OS/c1-3-10-4-6-11(7-5-10)12-9-23-15(16-12)17-14(22)8-13-18-19-20-21(13)2/h4-7,9H,3,8H2,1-2H3,(H,16,17,22). The van der Waals surface area contributed by atoms with Crippen LogP contribution in [-0.4, -0.2) is 31.1 Å². The van der Waals surface area contributed by atoms with Gasteiger partial charge in [-0.25, -0.2) is 9.67 Å². The summed E-state index contributed by atoms with van der Waals surface area (Å²) in [6, 6.07) is 8.28. The van der Waals surface area contributed by atoms with Crippen molar-refractivity contribution in [2.75, 3.05) is 5.32 Å². The van der Waals surface area contributed by atoms with Crippen LogP contribution in [0, 0.1) is 0 Å². The third kappa shape index (κ3) is 3.59. The molecule has 0 radical (unpaired) electrons. The zero-order valence-corrected chi connectivity index (χ0v) is 13.7. The molecular weight excluding hydrogens is 312 g/mol. The molecule has 1 amide bonds. The van der Waals surface area contributed by atoms with E-state index in [0.717, 1.165) is 17.7 Å². The lowest BCUT2D eigenvalue weighted by atomic mass is 10.1. The number of anilines is 1. The Balaban J connectivity index is 1.66. The molecular formula is C15H16N6OS. The molecule has 0 unspecified atom stereocenters. The Morgan fingerprint density at radius 2 is 2.09 bits per heavy atom. The average Bonchev–Trinajstić information content (AvgIpc) is 3.17. The molecule has 0 spiro atoms.